The molecule has 3 aromatic rings. The van der Waals surface area contributed by atoms with E-state index in [1.54, 1.807) is 0 Å². The van der Waals surface area contributed by atoms with Gasteiger partial charge in [-0.15, -0.1) is 0 Å². The lowest BCUT2D eigenvalue weighted by Gasteiger charge is -2.11. The van der Waals surface area contributed by atoms with Crippen LogP contribution in [0.1, 0.15) is 11.5 Å². The van der Waals surface area contributed by atoms with Crippen molar-refractivity contribution in [1.29, 1.82) is 0 Å². The summed E-state index contributed by atoms with van der Waals surface area (Å²) in [4.78, 5) is 2.09. The Hall–Kier alpha value is -1.82. The maximum Gasteiger partial charge on any atom is 0.373 e. The summed E-state index contributed by atoms with van der Waals surface area (Å²) in [5.41, 5.74) is 4.35. The summed E-state index contributed by atoms with van der Waals surface area (Å²) in [5, 5.41) is 0. The molecule has 0 amide bonds. The summed E-state index contributed by atoms with van der Waals surface area (Å²) in [6.07, 6.45) is 4.07. The fraction of sp³-hybridized carbons (Fsp3) is 0.167. The number of aryl methyl sites for hydroxylation is 1. The van der Waals surface area contributed by atoms with Gasteiger partial charge < -0.3 is 33.3 Å². The van der Waals surface area contributed by atoms with Crippen LogP contribution in [0, 0.1) is 0 Å². The summed E-state index contributed by atoms with van der Waals surface area (Å²) in [7, 11) is 6.10. The lowest BCUT2D eigenvalue weighted by molar-refractivity contribution is -0.651. The lowest BCUT2D eigenvalue weighted by atomic mass is 10.2. The number of para-hydroxylation sites is 2. The molecular weight excluding hydrogens is 387 g/mol. The zero-order chi connectivity index (χ0) is 14.8. The van der Waals surface area contributed by atoms with E-state index in [1.165, 1.54) is 5.69 Å². The van der Waals surface area contributed by atoms with Gasteiger partial charge in [-0.25, -0.2) is 0 Å². The Morgan fingerprint density at radius 1 is 0.955 bits per heavy atom. The van der Waals surface area contributed by atoms with Crippen molar-refractivity contribution in [2.75, 3.05) is 19.0 Å². The van der Waals surface area contributed by atoms with Gasteiger partial charge in [0, 0.05) is 25.8 Å². The zero-order valence-electron chi connectivity index (χ0n) is 13.0. The second-order valence-corrected chi connectivity index (χ2v) is 5.29. The molecule has 0 N–H and O–H groups in total. The molecule has 3 nitrogen and oxygen atoms in total. The molecule has 4 heteroatoms. The van der Waals surface area contributed by atoms with E-state index in [1.807, 2.05) is 45.4 Å². The second-order valence-electron chi connectivity index (χ2n) is 5.29. The number of hydrogen-bond donors (Lipinski definition) is 0. The molecule has 0 spiro atoms. The molecule has 0 fully saturated rings. The third-order valence-corrected chi connectivity index (χ3v) is 3.60. The van der Waals surface area contributed by atoms with Gasteiger partial charge in [-0.1, -0.05) is 24.3 Å². The Bertz CT molecular complexity index is 788. The minimum absolute atomic E-state index is 0. The van der Waals surface area contributed by atoms with E-state index < -0.39 is 0 Å². The van der Waals surface area contributed by atoms with Crippen LogP contribution in [-0.2, 0) is 7.05 Å². The highest BCUT2D eigenvalue weighted by atomic mass is 127. The van der Waals surface area contributed by atoms with Crippen molar-refractivity contribution < 1.29 is 33.0 Å². The molecule has 0 saturated carbocycles. The first-order valence-electron chi connectivity index (χ1n) is 6.98. The maximum absolute atomic E-state index is 5.85. The van der Waals surface area contributed by atoms with Gasteiger partial charge in [-0.3, -0.25) is 0 Å². The Labute approximate surface area is 147 Å². The fourth-order valence-electron chi connectivity index (χ4n) is 2.32. The number of hydrogen-bond acceptors (Lipinski definition) is 2. The predicted octanol–water partition coefficient (Wildman–Crippen LogP) is 0.498. The summed E-state index contributed by atoms with van der Waals surface area (Å²) in [6, 6.07) is 16.5. The minimum Gasteiger partial charge on any atom is -1.00 e. The molecule has 3 rings (SSSR count). The number of nitrogens with zero attached hydrogens (tertiary/aromatic N) is 2. The number of oxazole rings is 1. The van der Waals surface area contributed by atoms with Gasteiger partial charge >= 0.3 is 5.89 Å². The molecule has 0 bridgehead atoms. The molecule has 0 saturated heterocycles. The van der Waals surface area contributed by atoms with Crippen molar-refractivity contribution in [3.8, 4) is 0 Å². The van der Waals surface area contributed by atoms with Gasteiger partial charge in [-0.2, -0.15) is 4.57 Å². The third-order valence-electron chi connectivity index (χ3n) is 3.60. The first kappa shape index (κ1) is 16.5. The summed E-state index contributed by atoms with van der Waals surface area (Å²) in [5.74, 6) is 0.841. The number of rotatable bonds is 3. The van der Waals surface area contributed by atoms with E-state index in [4.69, 9.17) is 4.42 Å². The predicted molar refractivity (Wildman–Crippen MR) is 87.1 cm³/mol. The molecule has 0 unspecified atom stereocenters. The molecule has 0 radical (unpaired) electrons. The van der Waals surface area contributed by atoms with Crippen molar-refractivity contribution in [1.82, 2.24) is 0 Å². The smallest absolute Gasteiger partial charge is 0.373 e. The molecule has 0 aliphatic heterocycles. The Morgan fingerprint density at radius 3 is 2.27 bits per heavy atom. The molecule has 0 aliphatic carbocycles. The molecular formula is C18H19IN2O. The highest BCUT2D eigenvalue weighted by Crippen LogP contribution is 2.16. The molecule has 0 atom stereocenters. The lowest BCUT2D eigenvalue weighted by Crippen LogP contribution is -3.00. The van der Waals surface area contributed by atoms with Crippen LogP contribution in [0.5, 0.6) is 0 Å². The number of halogens is 1. The van der Waals surface area contributed by atoms with Gasteiger partial charge in [0.05, 0.1) is 6.08 Å². The average molecular weight is 406 g/mol. The highest BCUT2D eigenvalue weighted by Gasteiger charge is 2.15. The van der Waals surface area contributed by atoms with Crippen molar-refractivity contribution in [3.63, 3.8) is 0 Å². The van der Waals surface area contributed by atoms with Gasteiger partial charge in [0.15, 0.2) is 0 Å². The SMILES string of the molecule is CN(C)c1ccc(/C=C/c2oc3ccccc3[n+]2C)cc1.[I-]. The first-order valence-corrected chi connectivity index (χ1v) is 6.98. The fourth-order valence-corrected chi connectivity index (χ4v) is 2.32. The Kier molecular flexibility index (Phi) is 5.24. The highest BCUT2D eigenvalue weighted by molar-refractivity contribution is 5.72. The topological polar surface area (TPSA) is 20.3 Å². The number of fused-ring (bicyclic) bond motifs is 1. The zero-order valence-corrected chi connectivity index (χ0v) is 15.1. The summed E-state index contributed by atoms with van der Waals surface area (Å²) >= 11 is 0. The van der Waals surface area contributed by atoms with Crippen LogP contribution in [-0.4, -0.2) is 14.1 Å². The van der Waals surface area contributed by atoms with Crippen molar-refractivity contribution >= 4 is 28.9 Å². The molecule has 2 aromatic carbocycles. The summed E-state index contributed by atoms with van der Waals surface area (Å²) in [6.45, 7) is 0. The van der Waals surface area contributed by atoms with Crippen molar-refractivity contribution in [2.24, 2.45) is 7.05 Å². The van der Waals surface area contributed by atoms with Crippen LogP contribution < -0.4 is 33.4 Å². The van der Waals surface area contributed by atoms with Gasteiger partial charge in [0.25, 0.3) is 5.52 Å². The monoisotopic (exact) mass is 406 g/mol. The van der Waals surface area contributed by atoms with Gasteiger partial charge in [0.2, 0.25) is 5.58 Å². The maximum atomic E-state index is 5.85. The molecule has 1 heterocycles. The number of benzene rings is 2. The van der Waals surface area contributed by atoms with E-state index in [0.29, 0.717) is 0 Å². The quantitative estimate of drug-likeness (QED) is 0.467. The standard InChI is InChI=1S/C18H19N2O.HI/c1-19(2)15-11-8-14(9-12-15)10-13-18-20(3)16-6-4-5-7-17(16)21-18;/h4-13H,1-3H3;1H/q+1;/p-1. The van der Waals surface area contributed by atoms with Crippen molar-refractivity contribution in [3.05, 3.63) is 60.0 Å². The van der Waals surface area contributed by atoms with Crippen LogP contribution in [0.3, 0.4) is 0 Å². The third kappa shape index (κ3) is 3.32. The average Bonchev–Trinajstić information content (AvgIpc) is 2.82. The van der Waals surface area contributed by atoms with Crippen molar-refractivity contribution in [2.45, 2.75) is 0 Å². The van der Waals surface area contributed by atoms with E-state index in [0.717, 1.165) is 22.6 Å². The largest absolute Gasteiger partial charge is 1.00 e. The Balaban J connectivity index is 0.00000176. The van der Waals surface area contributed by atoms with E-state index >= 15 is 0 Å². The van der Waals surface area contributed by atoms with Crippen LogP contribution in [0.4, 0.5) is 5.69 Å². The number of anilines is 1. The molecule has 0 aliphatic rings. The van der Waals surface area contributed by atoms with Gasteiger partial charge in [-0.05, 0) is 29.8 Å². The minimum atomic E-state index is 0. The van der Waals surface area contributed by atoms with E-state index in [2.05, 4.69) is 45.9 Å². The first-order chi connectivity index (χ1) is 10.1. The van der Waals surface area contributed by atoms with E-state index in [9.17, 15) is 0 Å². The summed E-state index contributed by atoms with van der Waals surface area (Å²) < 4.78 is 7.91. The molecule has 1 aromatic heterocycles. The molecule has 114 valence electrons. The molecule has 22 heavy (non-hydrogen) atoms. The normalized spacial score (nSPS) is 10.9. The van der Waals surface area contributed by atoms with Gasteiger partial charge in [0.1, 0.15) is 7.05 Å². The van der Waals surface area contributed by atoms with Crippen LogP contribution in [0.2, 0.25) is 0 Å². The van der Waals surface area contributed by atoms with Crippen LogP contribution >= 0.6 is 0 Å². The number of aromatic nitrogens is 1. The van der Waals surface area contributed by atoms with Crippen LogP contribution in [0.15, 0.2) is 52.9 Å². The Morgan fingerprint density at radius 2 is 1.64 bits per heavy atom. The second kappa shape index (κ2) is 6.96. The van der Waals surface area contributed by atoms with E-state index in [-0.39, 0.29) is 24.0 Å². The van der Waals surface area contributed by atoms with Crippen LogP contribution in [0.25, 0.3) is 23.3 Å².